The molecule has 0 unspecified atom stereocenters. The molecule has 0 aliphatic heterocycles. The number of carbonyl (C=O) groups is 1. The SMILES string of the molecule is C[C@@H](OCC(F)(F)F)C(=O)NCCNc1ccc([N+](=O)[O-])cc1. The molecular formula is C13H16F3N3O4. The normalized spacial score (nSPS) is 12.5. The highest BCUT2D eigenvalue weighted by molar-refractivity contribution is 5.80. The maximum Gasteiger partial charge on any atom is 0.411 e. The van der Waals surface area contributed by atoms with Crippen molar-refractivity contribution in [2.45, 2.75) is 19.2 Å². The van der Waals surface area contributed by atoms with Gasteiger partial charge in [0.15, 0.2) is 0 Å². The fourth-order valence-electron chi connectivity index (χ4n) is 1.53. The predicted molar refractivity (Wildman–Crippen MR) is 76.1 cm³/mol. The molecule has 1 aromatic carbocycles. The number of anilines is 1. The van der Waals surface area contributed by atoms with E-state index in [1.165, 1.54) is 31.2 Å². The Labute approximate surface area is 130 Å². The molecule has 10 heteroatoms. The Hall–Kier alpha value is -2.36. The molecule has 0 aromatic heterocycles. The lowest BCUT2D eigenvalue weighted by molar-refractivity contribution is -0.384. The van der Waals surface area contributed by atoms with Crippen LogP contribution in [0.1, 0.15) is 6.92 Å². The van der Waals surface area contributed by atoms with Crippen molar-refractivity contribution >= 4 is 17.3 Å². The first-order valence-electron chi connectivity index (χ1n) is 6.63. The zero-order chi connectivity index (χ0) is 17.5. The van der Waals surface area contributed by atoms with E-state index in [-0.39, 0.29) is 12.2 Å². The third-order valence-corrected chi connectivity index (χ3v) is 2.70. The number of rotatable bonds is 8. The van der Waals surface area contributed by atoms with Gasteiger partial charge >= 0.3 is 6.18 Å². The lowest BCUT2D eigenvalue weighted by Crippen LogP contribution is -2.38. The summed E-state index contributed by atoms with van der Waals surface area (Å²) in [5.74, 6) is -0.653. The Morgan fingerprint density at radius 3 is 2.43 bits per heavy atom. The van der Waals surface area contributed by atoms with Crippen molar-refractivity contribution in [2.75, 3.05) is 25.0 Å². The maximum atomic E-state index is 11.9. The number of non-ortho nitro benzene ring substituents is 1. The topological polar surface area (TPSA) is 93.5 Å². The number of nitrogens with zero attached hydrogens (tertiary/aromatic N) is 1. The summed E-state index contributed by atoms with van der Waals surface area (Å²) >= 11 is 0. The molecule has 0 bridgehead atoms. The van der Waals surface area contributed by atoms with Gasteiger partial charge in [0.2, 0.25) is 5.91 Å². The van der Waals surface area contributed by atoms with E-state index in [9.17, 15) is 28.1 Å². The van der Waals surface area contributed by atoms with E-state index in [0.29, 0.717) is 12.2 Å². The summed E-state index contributed by atoms with van der Waals surface area (Å²) in [7, 11) is 0. The lowest BCUT2D eigenvalue weighted by atomic mass is 10.3. The molecule has 0 saturated carbocycles. The van der Waals surface area contributed by atoms with Crippen LogP contribution in [0.2, 0.25) is 0 Å². The van der Waals surface area contributed by atoms with Gasteiger partial charge in [0, 0.05) is 30.9 Å². The highest BCUT2D eigenvalue weighted by Gasteiger charge is 2.29. The third kappa shape index (κ3) is 7.45. The van der Waals surface area contributed by atoms with Crippen LogP contribution < -0.4 is 10.6 Å². The summed E-state index contributed by atoms with van der Waals surface area (Å²) in [6, 6.07) is 5.67. The van der Waals surface area contributed by atoms with Crippen molar-refractivity contribution in [3.05, 3.63) is 34.4 Å². The second kappa shape index (κ2) is 8.32. The lowest BCUT2D eigenvalue weighted by Gasteiger charge is -2.15. The highest BCUT2D eigenvalue weighted by Crippen LogP contribution is 2.16. The number of alkyl halides is 3. The molecule has 1 atom stereocenters. The minimum atomic E-state index is -4.48. The van der Waals surface area contributed by atoms with Gasteiger partial charge < -0.3 is 15.4 Å². The van der Waals surface area contributed by atoms with Gasteiger partial charge in [-0.15, -0.1) is 0 Å². The van der Waals surface area contributed by atoms with Crippen LogP contribution in [0.3, 0.4) is 0 Å². The van der Waals surface area contributed by atoms with E-state index in [2.05, 4.69) is 15.4 Å². The molecule has 0 aliphatic rings. The number of carbonyl (C=O) groups excluding carboxylic acids is 1. The molecular weight excluding hydrogens is 319 g/mol. The van der Waals surface area contributed by atoms with E-state index in [1.54, 1.807) is 0 Å². The molecule has 1 amide bonds. The number of halogens is 3. The molecule has 1 aromatic rings. The van der Waals surface area contributed by atoms with Crippen LogP contribution in [0.5, 0.6) is 0 Å². The second-order valence-corrected chi connectivity index (χ2v) is 4.59. The molecule has 0 aliphatic carbocycles. The largest absolute Gasteiger partial charge is 0.411 e. The first-order chi connectivity index (χ1) is 10.7. The number of hydrogen-bond acceptors (Lipinski definition) is 5. The van der Waals surface area contributed by atoms with Crippen molar-refractivity contribution < 1.29 is 27.6 Å². The number of nitro benzene ring substituents is 1. The summed E-state index contributed by atoms with van der Waals surface area (Å²) < 4.78 is 40.2. The number of benzene rings is 1. The molecule has 0 spiro atoms. The smallest absolute Gasteiger partial charge is 0.383 e. The zero-order valence-corrected chi connectivity index (χ0v) is 12.2. The van der Waals surface area contributed by atoms with Crippen molar-refractivity contribution in [3.8, 4) is 0 Å². The summed E-state index contributed by atoms with van der Waals surface area (Å²) in [5, 5.41) is 15.8. The molecule has 0 heterocycles. The number of hydrogen-bond donors (Lipinski definition) is 2. The molecule has 0 radical (unpaired) electrons. The van der Waals surface area contributed by atoms with E-state index < -0.39 is 29.7 Å². The number of amides is 1. The molecule has 7 nitrogen and oxygen atoms in total. The molecule has 1 rings (SSSR count). The quantitative estimate of drug-likeness (QED) is 0.431. The van der Waals surface area contributed by atoms with Crippen molar-refractivity contribution in [3.63, 3.8) is 0 Å². The summed E-state index contributed by atoms with van der Waals surface area (Å²) in [4.78, 5) is 21.4. The number of nitrogens with one attached hydrogen (secondary N) is 2. The van der Waals surface area contributed by atoms with E-state index in [1.807, 2.05) is 0 Å². The van der Waals surface area contributed by atoms with Crippen LogP contribution in [-0.4, -0.2) is 42.8 Å². The highest BCUT2D eigenvalue weighted by atomic mass is 19.4. The van der Waals surface area contributed by atoms with Gasteiger partial charge in [-0.05, 0) is 19.1 Å². The Morgan fingerprint density at radius 1 is 1.30 bits per heavy atom. The van der Waals surface area contributed by atoms with Crippen LogP contribution >= 0.6 is 0 Å². The van der Waals surface area contributed by atoms with Crippen LogP contribution in [0.4, 0.5) is 24.5 Å². The average Bonchev–Trinajstić information content (AvgIpc) is 2.48. The minimum Gasteiger partial charge on any atom is -0.383 e. The number of ether oxygens (including phenoxy) is 1. The molecule has 23 heavy (non-hydrogen) atoms. The van der Waals surface area contributed by atoms with E-state index in [0.717, 1.165) is 0 Å². The second-order valence-electron chi connectivity index (χ2n) is 4.59. The van der Waals surface area contributed by atoms with Crippen LogP contribution in [0.15, 0.2) is 24.3 Å². The molecule has 128 valence electrons. The monoisotopic (exact) mass is 335 g/mol. The van der Waals surface area contributed by atoms with Gasteiger partial charge in [0.05, 0.1) is 4.92 Å². The van der Waals surface area contributed by atoms with Gasteiger partial charge in [0.25, 0.3) is 5.69 Å². The Kier molecular flexibility index (Phi) is 6.76. The number of nitro groups is 1. The van der Waals surface area contributed by atoms with Crippen molar-refractivity contribution in [2.24, 2.45) is 0 Å². The van der Waals surface area contributed by atoms with E-state index >= 15 is 0 Å². The summed E-state index contributed by atoms with van der Waals surface area (Å²) in [6.07, 6.45) is -5.69. The summed E-state index contributed by atoms with van der Waals surface area (Å²) in [5.41, 5.74) is 0.575. The zero-order valence-electron chi connectivity index (χ0n) is 12.2. The Bertz CT molecular complexity index is 534. The van der Waals surface area contributed by atoms with Gasteiger partial charge in [-0.1, -0.05) is 0 Å². The maximum absolute atomic E-state index is 11.9. The average molecular weight is 335 g/mol. The van der Waals surface area contributed by atoms with Crippen LogP contribution in [-0.2, 0) is 9.53 Å². The molecule has 0 fully saturated rings. The van der Waals surface area contributed by atoms with Gasteiger partial charge in [-0.25, -0.2) is 0 Å². The first kappa shape index (κ1) is 18.7. The van der Waals surface area contributed by atoms with Gasteiger partial charge in [-0.3, -0.25) is 14.9 Å². The fourth-order valence-corrected chi connectivity index (χ4v) is 1.53. The Morgan fingerprint density at radius 2 is 1.91 bits per heavy atom. The summed E-state index contributed by atoms with van der Waals surface area (Å²) in [6.45, 7) is 0.207. The van der Waals surface area contributed by atoms with Crippen LogP contribution in [0.25, 0.3) is 0 Å². The van der Waals surface area contributed by atoms with Gasteiger partial charge in [0.1, 0.15) is 12.7 Å². The minimum absolute atomic E-state index is 0.0421. The first-order valence-corrected chi connectivity index (χ1v) is 6.63. The van der Waals surface area contributed by atoms with E-state index in [4.69, 9.17) is 0 Å². The third-order valence-electron chi connectivity index (χ3n) is 2.70. The van der Waals surface area contributed by atoms with Crippen molar-refractivity contribution in [1.82, 2.24) is 5.32 Å². The van der Waals surface area contributed by atoms with Gasteiger partial charge in [-0.2, -0.15) is 13.2 Å². The fraction of sp³-hybridized carbons (Fsp3) is 0.462. The van der Waals surface area contributed by atoms with Crippen LogP contribution in [0, 0.1) is 10.1 Å². The van der Waals surface area contributed by atoms with Crippen molar-refractivity contribution in [1.29, 1.82) is 0 Å². The molecule has 0 saturated heterocycles. The molecule has 2 N–H and O–H groups in total. The predicted octanol–water partition coefficient (Wildman–Crippen LogP) is 2.09. The standard InChI is InChI=1S/C13H16F3N3O4/c1-9(23-8-13(14,15)16)12(20)18-7-6-17-10-2-4-11(5-3-10)19(21)22/h2-5,9,17H,6-8H2,1H3,(H,18,20)/t9-/m1/s1. The Balaban J connectivity index is 2.25.